The Kier molecular flexibility index (Phi) is 4.77. The number of hydrogen-bond donors (Lipinski definition) is 1. The summed E-state index contributed by atoms with van der Waals surface area (Å²) in [7, 11) is 0. The summed E-state index contributed by atoms with van der Waals surface area (Å²) >= 11 is 0. The van der Waals surface area contributed by atoms with Crippen molar-refractivity contribution in [2.75, 3.05) is 0 Å². The van der Waals surface area contributed by atoms with E-state index in [-0.39, 0.29) is 0 Å². The van der Waals surface area contributed by atoms with E-state index in [4.69, 9.17) is 9.84 Å². The molecule has 0 saturated carbocycles. The number of carboxylic acids is 1. The quantitative estimate of drug-likeness (QED) is 0.844. The van der Waals surface area contributed by atoms with Gasteiger partial charge in [-0.05, 0) is 54.3 Å². The van der Waals surface area contributed by atoms with Crippen LogP contribution < -0.4 is 4.74 Å². The lowest BCUT2D eigenvalue weighted by Gasteiger charge is -2.10. The molecule has 0 bridgehead atoms. The van der Waals surface area contributed by atoms with Gasteiger partial charge in [0.2, 0.25) is 0 Å². The Morgan fingerprint density at radius 2 is 1.81 bits per heavy atom. The number of aliphatic carboxylic acids is 1. The van der Waals surface area contributed by atoms with Gasteiger partial charge in [0.05, 0.1) is 0 Å². The first-order valence-corrected chi connectivity index (χ1v) is 6.74. The highest BCUT2D eigenvalue weighted by molar-refractivity contribution is 5.85. The Labute approximate surface area is 124 Å². The number of carboxylic acid groups (broad SMARTS) is 1. The molecule has 0 fully saturated rings. The third-order valence-electron chi connectivity index (χ3n) is 3.05. The maximum Gasteiger partial charge on any atom is 0.328 e. The molecule has 0 amide bonds. The van der Waals surface area contributed by atoms with Crippen molar-refractivity contribution in [3.8, 4) is 5.75 Å². The molecule has 0 aliphatic heterocycles. The minimum Gasteiger partial charge on any atom is -0.489 e. The second-order valence-electron chi connectivity index (χ2n) is 4.98. The average Bonchev–Trinajstić information content (AvgIpc) is 2.42. The Hall–Kier alpha value is -2.55. The number of ether oxygens (including phenoxy) is 1. The van der Waals surface area contributed by atoms with Crippen molar-refractivity contribution in [3.63, 3.8) is 0 Å². The Bertz CT molecular complexity index is 652. The fourth-order valence-electron chi connectivity index (χ4n) is 2.17. The Balaban J connectivity index is 2.14. The third-order valence-corrected chi connectivity index (χ3v) is 3.05. The van der Waals surface area contributed by atoms with E-state index in [9.17, 15) is 4.79 Å². The van der Waals surface area contributed by atoms with Gasteiger partial charge in [0.1, 0.15) is 12.4 Å². The van der Waals surface area contributed by atoms with Crippen molar-refractivity contribution in [2.24, 2.45) is 0 Å². The van der Waals surface area contributed by atoms with E-state index in [1.807, 2.05) is 50.2 Å². The third kappa shape index (κ3) is 4.49. The molecule has 0 saturated heterocycles. The second-order valence-corrected chi connectivity index (χ2v) is 4.98. The summed E-state index contributed by atoms with van der Waals surface area (Å²) in [6.07, 6.45) is 2.72. The van der Waals surface area contributed by atoms with Crippen LogP contribution in [-0.2, 0) is 11.4 Å². The van der Waals surface area contributed by atoms with E-state index in [1.165, 1.54) is 0 Å². The summed E-state index contributed by atoms with van der Waals surface area (Å²) in [6, 6.07) is 13.7. The van der Waals surface area contributed by atoms with Crippen LogP contribution in [-0.4, -0.2) is 11.1 Å². The molecule has 2 rings (SSSR count). The molecule has 2 aromatic rings. The second kappa shape index (κ2) is 6.75. The van der Waals surface area contributed by atoms with Gasteiger partial charge in [-0.2, -0.15) is 0 Å². The highest BCUT2D eigenvalue weighted by Gasteiger charge is 2.02. The molecule has 0 aliphatic carbocycles. The number of carbonyl (C=O) groups is 1. The highest BCUT2D eigenvalue weighted by Crippen LogP contribution is 2.19. The number of rotatable bonds is 5. The van der Waals surface area contributed by atoms with E-state index in [0.29, 0.717) is 6.61 Å². The molecule has 0 heterocycles. The van der Waals surface area contributed by atoms with E-state index in [2.05, 4.69) is 6.07 Å². The summed E-state index contributed by atoms with van der Waals surface area (Å²) < 4.78 is 5.82. The summed E-state index contributed by atoms with van der Waals surface area (Å²) in [5.74, 6) is -0.135. The first kappa shape index (κ1) is 14.9. The molecule has 0 aliphatic rings. The van der Waals surface area contributed by atoms with Gasteiger partial charge in [-0.1, -0.05) is 30.3 Å². The molecule has 2 aromatic carbocycles. The smallest absolute Gasteiger partial charge is 0.328 e. The lowest BCUT2D eigenvalue weighted by molar-refractivity contribution is -0.131. The van der Waals surface area contributed by atoms with E-state index < -0.39 is 5.97 Å². The topological polar surface area (TPSA) is 46.5 Å². The van der Waals surface area contributed by atoms with Crippen molar-refractivity contribution in [1.82, 2.24) is 0 Å². The molecule has 108 valence electrons. The van der Waals surface area contributed by atoms with E-state index >= 15 is 0 Å². The predicted molar refractivity (Wildman–Crippen MR) is 83.4 cm³/mol. The van der Waals surface area contributed by atoms with Crippen molar-refractivity contribution < 1.29 is 14.6 Å². The SMILES string of the molecule is Cc1cc(C)cc(OCc2ccccc2C=CC(=O)O)c1. The van der Waals surface area contributed by atoms with Crippen LogP contribution in [0.15, 0.2) is 48.5 Å². The average molecular weight is 282 g/mol. The van der Waals surface area contributed by atoms with Crippen molar-refractivity contribution >= 4 is 12.0 Å². The van der Waals surface area contributed by atoms with Crippen molar-refractivity contribution in [2.45, 2.75) is 20.5 Å². The lowest BCUT2D eigenvalue weighted by atomic mass is 10.1. The molecule has 0 spiro atoms. The van der Waals surface area contributed by atoms with Crippen LogP contribution in [0, 0.1) is 13.8 Å². The van der Waals surface area contributed by atoms with Crippen molar-refractivity contribution in [1.29, 1.82) is 0 Å². The maximum absolute atomic E-state index is 10.6. The van der Waals surface area contributed by atoms with Crippen LogP contribution in [0.5, 0.6) is 5.75 Å². The normalized spacial score (nSPS) is 10.8. The molecular formula is C18H18O3. The van der Waals surface area contributed by atoms with Gasteiger partial charge in [0, 0.05) is 6.08 Å². The van der Waals surface area contributed by atoms with Gasteiger partial charge in [0.25, 0.3) is 0 Å². The molecule has 3 heteroatoms. The molecule has 21 heavy (non-hydrogen) atoms. The van der Waals surface area contributed by atoms with Crippen LogP contribution >= 0.6 is 0 Å². The fourth-order valence-corrected chi connectivity index (χ4v) is 2.17. The molecule has 1 N–H and O–H groups in total. The van der Waals surface area contributed by atoms with Gasteiger partial charge in [-0.3, -0.25) is 0 Å². The zero-order valence-electron chi connectivity index (χ0n) is 12.2. The van der Waals surface area contributed by atoms with E-state index in [1.54, 1.807) is 6.08 Å². The van der Waals surface area contributed by atoms with E-state index in [0.717, 1.165) is 34.1 Å². The Morgan fingerprint density at radius 3 is 2.48 bits per heavy atom. The van der Waals surface area contributed by atoms with Gasteiger partial charge in [-0.25, -0.2) is 4.79 Å². The highest BCUT2D eigenvalue weighted by atomic mass is 16.5. The zero-order valence-corrected chi connectivity index (χ0v) is 12.2. The molecule has 3 nitrogen and oxygen atoms in total. The molecule has 0 unspecified atom stereocenters. The predicted octanol–water partition coefficient (Wildman–Crippen LogP) is 3.98. The fraction of sp³-hybridized carbons (Fsp3) is 0.167. The number of benzene rings is 2. The largest absolute Gasteiger partial charge is 0.489 e. The molecular weight excluding hydrogens is 264 g/mol. The molecule has 0 atom stereocenters. The lowest BCUT2D eigenvalue weighted by Crippen LogP contribution is -1.98. The Morgan fingerprint density at radius 1 is 1.14 bits per heavy atom. The van der Waals surface area contributed by atoms with Gasteiger partial charge < -0.3 is 9.84 Å². The minimum absolute atomic E-state index is 0.406. The first-order chi connectivity index (χ1) is 10.0. The number of hydrogen-bond acceptors (Lipinski definition) is 2. The summed E-state index contributed by atoms with van der Waals surface area (Å²) in [5.41, 5.74) is 4.12. The van der Waals surface area contributed by atoms with Gasteiger partial charge in [0.15, 0.2) is 0 Å². The summed E-state index contributed by atoms with van der Waals surface area (Å²) in [6.45, 7) is 4.47. The molecule has 0 aromatic heterocycles. The first-order valence-electron chi connectivity index (χ1n) is 6.74. The van der Waals surface area contributed by atoms with Crippen LogP contribution in [0.4, 0.5) is 0 Å². The summed E-state index contributed by atoms with van der Waals surface area (Å²) in [5, 5.41) is 8.72. The van der Waals surface area contributed by atoms with Crippen LogP contribution in [0.25, 0.3) is 6.08 Å². The monoisotopic (exact) mass is 282 g/mol. The zero-order chi connectivity index (χ0) is 15.2. The number of aryl methyl sites for hydroxylation is 2. The van der Waals surface area contributed by atoms with Crippen LogP contribution in [0.2, 0.25) is 0 Å². The van der Waals surface area contributed by atoms with Gasteiger partial charge >= 0.3 is 5.97 Å². The maximum atomic E-state index is 10.6. The van der Waals surface area contributed by atoms with Crippen molar-refractivity contribution in [3.05, 3.63) is 70.8 Å². The summed E-state index contributed by atoms with van der Waals surface area (Å²) in [4.78, 5) is 10.6. The molecule has 0 radical (unpaired) electrons. The standard InChI is InChI=1S/C18H18O3/c1-13-9-14(2)11-17(10-13)21-12-16-6-4-3-5-15(16)7-8-18(19)20/h3-11H,12H2,1-2H3,(H,19,20). The minimum atomic E-state index is -0.958. The van der Waals surface area contributed by atoms with Crippen LogP contribution in [0.1, 0.15) is 22.3 Å². The van der Waals surface area contributed by atoms with Crippen LogP contribution in [0.3, 0.4) is 0 Å². The van der Waals surface area contributed by atoms with Gasteiger partial charge in [-0.15, -0.1) is 0 Å².